The normalized spacial score (nSPS) is 12.8. The van der Waals surface area contributed by atoms with Gasteiger partial charge in [0.25, 0.3) is 0 Å². The van der Waals surface area contributed by atoms with Crippen molar-refractivity contribution in [3.05, 3.63) is 199 Å². The number of hydrogen-bond acceptors (Lipinski definition) is 4. The Kier molecular flexibility index (Phi) is 9.10. The smallest absolute Gasteiger partial charge is 0.0730 e. The van der Waals surface area contributed by atoms with Crippen LogP contribution in [0.2, 0.25) is 0 Å². The maximum Gasteiger partial charge on any atom is 0.0730 e. The summed E-state index contributed by atoms with van der Waals surface area (Å²) in [5, 5.41) is 3.47. The van der Waals surface area contributed by atoms with Crippen LogP contribution in [0.5, 0.6) is 0 Å². The van der Waals surface area contributed by atoms with E-state index >= 15 is 0 Å². The van der Waals surface area contributed by atoms with Gasteiger partial charge in [0, 0.05) is 66.9 Å². The van der Waals surface area contributed by atoms with E-state index in [-0.39, 0.29) is 25.5 Å². The molecule has 0 atom stereocenters. The zero-order chi connectivity index (χ0) is 40.0. The first kappa shape index (κ1) is 37.7. The van der Waals surface area contributed by atoms with Crippen LogP contribution in [0.1, 0.15) is 25.0 Å². The van der Waals surface area contributed by atoms with E-state index < -0.39 is 0 Å². The summed E-state index contributed by atoms with van der Waals surface area (Å²) in [7, 11) is 0. The molecule has 4 heterocycles. The molecule has 0 fully saturated rings. The van der Waals surface area contributed by atoms with Crippen LogP contribution in [0, 0.1) is 6.07 Å². The fraction of sp³-hybridized carbons (Fsp3) is 0.0545. The van der Waals surface area contributed by atoms with Crippen molar-refractivity contribution in [3.8, 4) is 70.8 Å². The van der Waals surface area contributed by atoms with Crippen LogP contribution in [0.4, 0.5) is 0 Å². The number of para-hydroxylation sites is 1. The van der Waals surface area contributed by atoms with E-state index in [1.165, 1.54) is 69.6 Å². The predicted octanol–water partition coefficient (Wildman–Crippen LogP) is 15.3. The molecule has 0 spiro atoms. The maximum atomic E-state index is 5.25. The van der Waals surface area contributed by atoms with Crippen molar-refractivity contribution in [2.75, 3.05) is 0 Å². The summed E-state index contributed by atoms with van der Waals surface area (Å²) in [4.78, 5) is 12.6. The monoisotopic (exact) mass is 995 g/mol. The van der Waals surface area contributed by atoms with Crippen molar-refractivity contribution in [3.63, 3.8) is 0 Å². The minimum absolute atomic E-state index is 0. The van der Waals surface area contributed by atoms with Gasteiger partial charge in [-0.1, -0.05) is 123 Å². The molecule has 0 saturated carbocycles. The molecule has 0 N–H and O–H groups in total. The second kappa shape index (κ2) is 14.7. The standard InChI is InChI=1S/C55H36N3S2.Ir/c1-55(2)44-21-10-9-20-40(44)41-32-43-42-29-37(52-27-26-51(59-52)36-18-13-19-38(28-36)54-57-46-22-11-12-23-53(46)60-54)24-25-49(42)58(50(43)33-45(41)55)39-30-47(34-14-5-3-6-15-34)56-48(31-39)35-16-7-4-8-17-35;/h3-18,20-33H,1-2H3;/q-1;. The SMILES string of the molecule is CC1(C)c2ccccc2-c2cc3c4cc(-c5ccc(-c6cc[c-]c(-c7nc8ccccc8s7)c6)s5)ccc4n(-c4cc(-c5ccccc5)nc(-c5ccccc5)c4)c3cc21.[Ir]. The molecule has 7 aromatic carbocycles. The number of rotatable bonds is 6. The van der Waals surface area contributed by atoms with E-state index in [0.29, 0.717) is 0 Å². The molecular formula is C55H36IrN3S2-. The molecule has 1 aliphatic carbocycles. The van der Waals surface area contributed by atoms with Gasteiger partial charge in [-0.3, -0.25) is 4.98 Å². The number of nitrogens with zero attached hydrogens (tertiary/aromatic N) is 3. The molecule has 0 aliphatic heterocycles. The Hall–Kier alpha value is -6.27. The molecule has 61 heavy (non-hydrogen) atoms. The van der Waals surface area contributed by atoms with Crippen LogP contribution in [-0.4, -0.2) is 14.5 Å². The van der Waals surface area contributed by atoms with Crippen molar-refractivity contribution in [1.29, 1.82) is 0 Å². The largest absolute Gasteiger partial charge is 0.309 e. The molecule has 1 radical (unpaired) electrons. The zero-order valence-electron chi connectivity index (χ0n) is 33.3. The summed E-state index contributed by atoms with van der Waals surface area (Å²) >= 11 is 3.55. The van der Waals surface area contributed by atoms with Gasteiger partial charge in [0.15, 0.2) is 0 Å². The maximum absolute atomic E-state index is 5.25. The van der Waals surface area contributed by atoms with Crippen molar-refractivity contribution in [1.82, 2.24) is 14.5 Å². The summed E-state index contributed by atoms with van der Waals surface area (Å²) < 4.78 is 3.66. The van der Waals surface area contributed by atoms with Crippen molar-refractivity contribution in [2.45, 2.75) is 19.3 Å². The van der Waals surface area contributed by atoms with Gasteiger partial charge in [-0.25, -0.2) is 4.98 Å². The van der Waals surface area contributed by atoms with E-state index in [2.05, 4.69) is 194 Å². The van der Waals surface area contributed by atoms with Gasteiger partial charge in [0.2, 0.25) is 0 Å². The van der Waals surface area contributed by atoms with Gasteiger partial charge >= 0.3 is 0 Å². The van der Waals surface area contributed by atoms with E-state index in [1.807, 2.05) is 23.5 Å². The molecule has 0 bridgehead atoms. The number of aromatic nitrogens is 3. The third-order valence-corrected chi connectivity index (χ3v) is 14.4. The first-order valence-electron chi connectivity index (χ1n) is 20.3. The van der Waals surface area contributed by atoms with Crippen LogP contribution in [0.15, 0.2) is 182 Å². The number of thiazole rings is 1. The molecule has 12 rings (SSSR count). The zero-order valence-corrected chi connectivity index (χ0v) is 37.3. The van der Waals surface area contributed by atoms with Gasteiger partial charge in [-0.2, -0.15) is 11.3 Å². The molecule has 1 aliphatic rings. The fourth-order valence-corrected chi connectivity index (χ4v) is 11.1. The van der Waals surface area contributed by atoms with Crippen molar-refractivity contribution >= 4 is 54.7 Å². The third-order valence-electron chi connectivity index (χ3n) is 12.2. The van der Waals surface area contributed by atoms with Gasteiger partial charge in [-0.05, 0) is 88.5 Å². The summed E-state index contributed by atoms with van der Waals surface area (Å²) in [6.07, 6.45) is 0. The Morgan fingerprint density at radius 3 is 1.90 bits per heavy atom. The molecule has 0 unspecified atom stereocenters. The number of benzene rings is 7. The molecule has 3 nitrogen and oxygen atoms in total. The van der Waals surface area contributed by atoms with Crippen LogP contribution >= 0.6 is 22.7 Å². The minimum Gasteiger partial charge on any atom is -0.309 e. The topological polar surface area (TPSA) is 30.7 Å². The van der Waals surface area contributed by atoms with Gasteiger partial charge in [0.1, 0.15) is 0 Å². The van der Waals surface area contributed by atoms with Crippen LogP contribution in [0.25, 0.3) is 103 Å². The molecule has 11 aromatic rings. The average Bonchev–Trinajstić information content (AvgIpc) is 4.09. The first-order valence-corrected chi connectivity index (χ1v) is 21.9. The molecule has 293 valence electrons. The van der Waals surface area contributed by atoms with Crippen LogP contribution < -0.4 is 0 Å². The Morgan fingerprint density at radius 1 is 0.508 bits per heavy atom. The molecule has 6 heteroatoms. The summed E-state index contributed by atoms with van der Waals surface area (Å²) in [6, 6.07) is 69.2. The molecule has 0 amide bonds. The Morgan fingerprint density at radius 2 is 1.16 bits per heavy atom. The Bertz CT molecular complexity index is 3380. The van der Waals surface area contributed by atoms with Crippen LogP contribution in [0.3, 0.4) is 0 Å². The predicted molar refractivity (Wildman–Crippen MR) is 253 cm³/mol. The number of pyridine rings is 1. The quantitative estimate of drug-likeness (QED) is 0.155. The number of hydrogen-bond donors (Lipinski definition) is 0. The molecular weight excluding hydrogens is 959 g/mol. The second-order valence-electron chi connectivity index (χ2n) is 16.1. The Labute approximate surface area is 376 Å². The van der Waals surface area contributed by atoms with E-state index in [9.17, 15) is 0 Å². The summed E-state index contributed by atoms with van der Waals surface area (Å²) in [5.74, 6) is 0. The first-order chi connectivity index (χ1) is 29.5. The van der Waals surface area contributed by atoms with Gasteiger partial charge in [-0.15, -0.1) is 41.2 Å². The Balaban J connectivity index is 0.00000420. The van der Waals surface area contributed by atoms with Crippen molar-refractivity contribution in [2.24, 2.45) is 0 Å². The summed E-state index contributed by atoms with van der Waals surface area (Å²) in [6.45, 7) is 4.73. The van der Waals surface area contributed by atoms with E-state index in [0.717, 1.165) is 44.3 Å². The number of fused-ring (bicyclic) bond motifs is 7. The number of thiophene rings is 1. The van der Waals surface area contributed by atoms with E-state index in [1.54, 1.807) is 11.3 Å². The van der Waals surface area contributed by atoms with Crippen molar-refractivity contribution < 1.29 is 20.1 Å². The second-order valence-corrected chi connectivity index (χ2v) is 18.2. The minimum atomic E-state index is -0.134. The fourth-order valence-electron chi connectivity index (χ4n) is 9.18. The summed E-state index contributed by atoms with van der Waals surface area (Å²) in [5.41, 5.74) is 17.2. The molecule has 4 aromatic heterocycles. The van der Waals surface area contributed by atoms with Crippen LogP contribution in [-0.2, 0) is 25.5 Å². The van der Waals surface area contributed by atoms with Gasteiger partial charge < -0.3 is 4.57 Å². The average molecular weight is 995 g/mol. The third kappa shape index (κ3) is 6.25. The van der Waals surface area contributed by atoms with E-state index in [4.69, 9.17) is 9.97 Å². The molecule has 0 saturated heterocycles. The van der Waals surface area contributed by atoms with Gasteiger partial charge in [0.05, 0.1) is 33.6 Å².